The lowest BCUT2D eigenvalue weighted by Crippen LogP contribution is -2.30. The number of hydrogen-bond donors (Lipinski definition) is 2. The number of benzene rings is 6. The molecule has 11 heteroatoms. The highest BCUT2D eigenvalue weighted by Crippen LogP contribution is 2.45. The molecule has 2 aliphatic rings. The molecule has 0 radical (unpaired) electrons. The lowest BCUT2D eigenvalue weighted by molar-refractivity contribution is 0.418. The minimum atomic E-state index is -4.37. The van der Waals surface area contributed by atoms with Gasteiger partial charge in [-0.2, -0.15) is 16.8 Å². The Kier molecular flexibility index (Phi) is 15.7. The van der Waals surface area contributed by atoms with Crippen LogP contribution >= 0.6 is 15.8 Å². The van der Waals surface area contributed by atoms with Crippen LogP contribution in [0.15, 0.2) is 155 Å². The van der Waals surface area contributed by atoms with Gasteiger partial charge in [-0.3, -0.25) is 9.11 Å². The summed E-state index contributed by atoms with van der Waals surface area (Å²) in [6.07, 6.45) is 12.3. The van der Waals surface area contributed by atoms with Crippen molar-refractivity contribution < 1.29 is 30.7 Å². The fourth-order valence-corrected chi connectivity index (χ4v) is 17.4. The monoisotopic (exact) mass is 920 g/mol. The number of ether oxygens (including phenoxy) is 1. The molecule has 1 atom stereocenters. The minimum Gasteiger partial charge on any atom is -0.496 e. The van der Waals surface area contributed by atoms with E-state index in [-0.39, 0.29) is 15.7 Å². The molecular formula is C52H58O7P2S2. The molecule has 63 heavy (non-hydrogen) atoms. The summed E-state index contributed by atoms with van der Waals surface area (Å²) in [5.41, 5.74) is 3.87. The summed E-state index contributed by atoms with van der Waals surface area (Å²) in [6.45, 7) is 4.23. The average Bonchev–Trinajstić information content (AvgIpc) is 3.30. The maximum Gasteiger partial charge on any atom is 0.295 e. The van der Waals surface area contributed by atoms with Gasteiger partial charge in [0.25, 0.3) is 20.2 Å². The fraction of sp³-hybridized carbons (Fsp3) is 0.308. The SMILES string of the molecule is COc1ccccc1P(c1ccccc1C(C)C)c1ccccc1S(=O)(=O)O.O=S(=O)(O)c1ccccc1P(c1ccccc1C1CCCCC1)c1ccccc1C1CCCCC1. The topological polar surface area (TPSA) is 118 Å². The molecule has 2 saturated carbocycles. The molecule has 2 fully saturated rings. The second-order valence-electron chi connectivity index (χ2n) is 16.7. The van der Waals surface area contributed by atoms with Gasteiger partial charge in [-0.15, -0.1) is 0 Å². The first-order valence-corrected chi connectivity index (χ1v) is 27.6. The highest BCUT2D eigenvalue weighted by Gasteiger charge is 2.32. The van der Waals surface area contributed by atoms with E-state index in [0.717, 1.165) is 21.5 Å². The van der Waals surface area contributed by atoms with Crippen molar-refractivity contribution in [1.82, 2.24) is 0 Å². The molecule has 1 unspecified atom stereocenters. The van der Waals surface area contributed by atoms with E-state index in [2.05, 4.69) is 68.4 Å². The predicted molar refractivity (Wildman–Crippen MR) is 262 cm³/mol. The molecule has 0 amide bonds. The lowest BCUT2D eigenvalue weighted by atomic mass is 9.84. The summed E-state index contributed by atoms with van der Waals surface area (Å²) in [7, 11) is -9.56. The predicted octanol–water partition coefficient (Wildman–Crippen LogP) is 10.6. The van der Waals surface area contributed by atoms with Crippen LogP contribution in [0.2, 0.25) is 0 Å². The van der Waals surface area contributed by atoms with Crippen LogP contribution in [0.5, 0.6) is 5.75 Å². The van der Waals surface area contributed by atoms with Crippen LogP contribution < -0.4 is 36.6 Å². The van der Waals surface area contributed by atoms with Crippen molar-refractivity contribution >= 4 is 67.9 Å². The summed E-state index contributed by atoms with van der Waals surface area (Å²) in [5.74, 6) is 1.96. The zero-order chi connectivity index (χ0) is 44.6. The number of hydrogen-bond acceptors (Lipinski definition) is 5. The van der Waals surface area contributed by atoms with Crippen molar-refractivity contribution in [2.45, 2.75) is 106 Å². The first-order chi connectivity index (χ1) is 30.4. The number of rotatable bonds is 12. The molecule has 6 aromatic rings. The molecule has 8 rings (SSSR count). The van der Waals surface area contributed by atoms with Gasteiger partial charge in [0.2, 0.25) is 0 Å². The molecule has 0 aromatic heterocycles. The van der Waals surface area contributed by atoms with Crippen LogP contribution in [0, 0.1) is 0 Å². The molecular weight excluding hydrogens is 863 g/mol. The summed E-state index contributed by atoms with van der Waals surface area (Å²) < 4.78 is 75.1. The highest BCUT2D eigenvalue weighted by molar-refractivity contribution is 7.88. The van der Waals surface area contributed by atoms with E-state index in [1.54, 1.807) is 37.4 Å². The molecule has 330 valence electrons. The van der Waals surface area contributed by atoms with Crippen molar-refractivity contribution in [2.75, 3.05) is 7.11 Å². The van der Waals surface area contributed by atoms with Crippen molar-refractivity contribution in [3.63, 3.8) is 0 Å². The Morgan fingerprint density at radius 3 is 1.24 bits per heavy atom. The summed E-state index contributed by atoms with van der Waals surface area (Å²) in [5, 5.41) is 5.76. The molecule has 0 spiro atoms. The largest absolute Gasteiger partial charge is 0.496 e. The smallest absolute Gasteiger partial charge is 0.295 e. The Morgan fingerprint density at radius 1 is 0.460 bits per heavy atom. The Hall–Kier alpha value is -4.20. The Bertz CT molecular complexity index is 2650. The van der Waals surface area contributed by atoms with E-state index in [4.69, 9.17) is 4.74 Å². The van der Waals surface area contributed by atoms with Gasteiger partial charge in [0.15, 0.2) is 0 Å². The van der Waals surface area contributed by atoms with Crippen molar-refractivity contribution in [3.05, 3.63) is 162 Å². The molecule has 0 heterocycles. The molecule has 2 N–H and O–H groups in total. The molecule has 2 aliphatic carbocycles. The van der Waals surface area contributed by atoms with E-state index in [1.165, 1.54) is 92.0 Å². The number of methoxy groups -OCH3 is 1. The standard InChI is InChI=1S/C30H35O3PS.C22H23O4PS/c31-35(32,33)30-22-12-11-21-29(30)34(27-19-9-7-17-25(27)23-13-3-1-4-14-23)28-20-10-8-18-26(28)24-15-5-2-6-16-24;1-16(2)17-10-4-6-12-19(17)27(20-13-7-5-11-18(20)26-3)21-14-8-9-15-22(21)28(23,24)25/h7-12,17-24H,1-6,13-16H2,(H,31,32,33);4-16H,1-3H3,(H,23,24,25). The van der Waals surface area contributed by atoms with Gasteiger partial charge in [0, 0.05) is 15.9 Å². The van der Waals surface area contributed by atoms with Crippen molar-refractivity contribution in [1.29, 1.82) is 0 Å². The second kappa shape index (κ2) is 21.2. The summed E-state index contributed by atoms with van der Waals surface area (Å²) >= 11 is 0. The maximum absolute atomic E-state index is 12.6. The van der Waals surface area contributed by atoms with Gasteiger partial charge in [-0.05, 0) is 110 Å². The van der Waals surface area contributed by atoms with Crippen LogP contribution in [-0.2, 0) is 20.2 Å². The molecule has 0 saturated heterocycles. The van der Waals surface area contributed by atoms with Crippen LogP contribution in [0.4, 0.5) is 0 Å². The Morgan fingerprint density at radius 2 is 0.810 bits per heavy atom. The van der Waals surface area contributed by atoms with E-state index in [1.807, 2.05) is 54.6 Å². The zero-order valence-electron chi connectivity index (χ0n) is 36.3. The van der Waals surface area contributed by atoms with Crippen molar-refractivity contribution in [2.24, 2.45) is 0 Å². The minimum absolute atomic E-state index is 0.0444. The maximum atomic E-state index is 12.6. The zero-order valence-corrected chi connectivity index (χ0v) is 39.7. The van der Waals surface area contributed by atoms with E-state index in [0.29, 0.717) is 22.9 Å². The van der Waals surface area contributed by atoms with Gasteiger partial charge < -0.3 is 4.74 Å². The third-order valence-electron chi connectivity index (χ3n) is 12.3. The van der Waals surface area contributed by atoms with E-state index in [9.17, 15) is 25.9 Å². The van der Waals surface area contributed by atoms with Crippen LogP contribution in [-0.4, -0.2) is 33.1 Å². The average molecular weight is 921 g/mol. The Labute approximate surface area is 377 Å². The first-order valence-electron chi connectivity index (χ1n) is 22.0. The van der Waals surface area contributed by atoms with Gasteiger partial charge in [-0.1, -0.05) is 180 Å². The van der Waals surface area contributed by atoms with Crippen molar-refractivity contribution in [3.8, 4) is 5.75 Å². The van der Waals surface area contributed by atoms with E-state index < -0.39 is 36.1 Å². The molecule has 6 aromatic carbocycles. The van der Waals surface area contributed by atoms with Crippen LogP contribution in [0.1, 0.15) is 112 Å². The normalized spacial score (nSPS) is 15.7. The molecule has 7 nitrogen and oxygen atoms in total. The fourth-order valence-electron chi connectivity index (χ4n) is 9.39. The lowest BCUT2D eigenvalue weighted by Gasteiger charge is -2.32. The number of para-hydroxylation sites is 1. The van der Waals surface area contributed by atoms with Gasteiger partial charge in [0.1, 0.15) is 15.5 Å². The highest BCUT2D eigenvalue weighted by atomic mass is 32.2. The van der Waals surface area contributed by atoms with E-state index >= 15 is 0 Å². The second-order valence-corrected chi connectivity index (χ2v) is 23.7. The van der Waals surface area contributed by atoms with Crippen LogP contribution in [0.3, 0.4) is 0 Å². The molecule has 0 aliphatic heterocycles. The third-order valence-corrected chi connectivity index (χ3v) is 19.7. The van der Waals surface area contributed by atoms with Crippen LogP contribution in [0.25, 0.3) is 0 Å². The van der Waals surface area contributed by atoms with Gasteiger partial charge in [0.05, 0.1) is 7.11 Å². The quantitative estimate of drug-likeness (QED) is 0.0927. The van der Waals surface area contributed by atoms with Gasteiger partial charge >= 0.3 is 0 Å². The first kappa shape index (κ1) is 46.8. The third kappa shape index (κ3) is 11.0. The Balaban J connectivity index is 0.000000194. The molecule has 0 bridgehead atoms. The van der Waals surface area contributed by atoms with Gasteiger partial charge in [-0.25, -0.2) is 0 Å². The summed E-state index contributed by atoms with van der Waals surface area (Å²) in [6, 6.07) is 46.8. The summed E-state index contributed by atoms with van der Waals surface area (Å²) in [4.78, 5) is -0.0198.